The van der Waals surface area contributed by atoms with Crippen LogP contribution in [0.4, 0.5) is 11.4 Å². The quantitative estimate of drug-likeness (QED) is 0.360. The van der Waals surface area contributed by atoms with E-state index in [2.05, 4.69) is 0 Å². The predicted molar refractivity (Wildman–Crippen MR) is 97.1 cm³/mol. The van der Waals surface area contributed by atoms with E-state index in [1.165, 1.54) is 24.3 Å². The largest absolute Gasteiger partial charge is 2.00 e. The van der Waals surface area contributed by atoms with Crippen molar-refractivity contribution in [3.63, 3.8) is 0 Å². The SMILES string of the molecule is Cc1cc(S(=O)(=O)[O-])c(Cl)cc1N.Cc1cc(S(=O)(=O)[O-])c(Cl)cc1N.[Ni+2]. The van der Waals surface area contributed by atoms with Crippen molar-refractivity contribution in [2.45, 2.75) is 23.6 Å². The number of rotatable bonds is 2. The Morgan fingerprint density at radius 2 is 1.00 bits per heavy atom. The van der Waals surface area contributed by atoms with E-state index in [-0.39, 0.29) is 26.5 Å². The molecule has 13 heteroatoms. The van der Waals surface area contributed by atoms with E-state index < -0.39 is 30.0 Å². The first kappa shape index (κ1) is 25.9. The van der Waals surface area contributed by atoms with E-state index in [1.807, 2.05) is 0 Å². The molecule has 0 atom stereocenters. The molecule has 27 heavy (non-hydrogen) atoms. The zero-order valence-corrected chi connectivity index (χ0v) is 17.9. The smallest absolute Gasteiger partial charge is 0.744 e. The second kappa shape index (κ2) is 9.42. The van der Waals surface area contributed by atoms with Crippen molar-refractivity contribution in [3.05, 3.63) is 45.4 Å². The van der Waals surface area contributed by atoms with E-state index >= 15 is 0 Å². The average Bonchev–Trinajstić information content (AvgIpc) is 2.45. The van der Waals surface area contributed by atoms with E-state index in [0.717, 1.165) is 0 Å². The van der Waals surface area contributed by atoms with Crippen LogP contribution in [0.25, 0.3) is 0 Å². The molecule has 4 N–H and O–H groups in total. The molecule has 2 rings (SSSR count). The molecule has 8 nitrogen and oxygen atoms in total. The number of hydrogen-bond acceptors (Lipinski definition) is 8. The number of nitrogen functional groups attached to an aromatic ring is 2. The summed E-state index contributed by atoms with van der Waals surface area (Å²) < 4.78 is 63.8. The number of anilines is 2. The Labute approximate surface area is 177 Å². The van der Waals surface area contributed by atoms with Crippen molar-refractivity contribution in [2.24, 2.45) is 0 Å². The minimum absolute atomic E-state index is 0. The molecule has 0 saturated carbocycles. The maximum atomic E-state index is 10.6. The van der Waals surface area contributed by atoms with E-state index in [1.54, 1.807) is 13.8 Å². The van der Waals surface area contributed by atoms with Crippen LogP contribution in [0, 0.1) is 13.8 Å². The molecule has 0 saturated heterocycles. The summed E-state index contributed by atoms with van der Waals surface area (Å²) in [6, 6.07) is 4.84. The molecule has 0 aromatic heterocycles. The molecule has 0 bridgehead atoms. The molecule has 152 valence electrons. The third kappa shape index (κ3) is 7.11. The number of hydrogen-bond donors (Lipinski definition) is 2. The fourth-order valence-corrected chi connectivity index (χ4v) is 3.87. The molecule has 0 heterocycles. The Balaban J connectivity index is 0.000000483. The molecule has 0 fully saturated rings. The van der Waals surface area contributed by atoms with Crippen LogP contribution in [0.15, 0.2) is 34.1 Å². The average molecular weight is 500 g/mol. The molecular formula is C14H14Cl2N2NiO6S2. The van der Waals surface area contributed by atoms with Gasteiger partial charge in [-0.1, -0.05) is 23.2 Å². The van der Waals surface area contributed by atoms with Gasteiger partial charge in [0.15, 0.2) is 0 Å². The summed E-state index contributed by atoms with van der Waals surface area (Å²) in [5.41, 5.74) is 12.6. The second-order valence-corrected chi connectivity index (χ2v) is 8.70. The molecule has 0 amide bonds. The molecule has 0 unspecified atom stereocenters. The van der Waals surface area contributed by atoms with Crippen molar-refractivity contribution in [3.8, 4) is 0 Å². The molecule has 2 aromatic rings. The molecule has 0 spiro atoms. The molecule has 2 aromatic carbocycles. The Morgan fingerprint density at radius 1 is 0.741 bits per heavy atom. The summed E-state index contributed by atoms with van der Waals surface area (Å²) in [6.45, 7) is 3.20. The minimum atomic E-state index is -4.51. The van der Waals surface area contributed by atoms with Gasteiger partial charge in [0.1, 0.15) is 20.2 Å². The fourth-order valence-electron chi connectivity index (χ4n) is 1.72. The van der Waals surface area contributed by atoms with Crippen LogP contribution in [0.3, 0.4) is 0 Å². The Kier molecular flexibility index (Phi) is 9.05. The first-order valence-corrected chi connectivity index (χ1v) is 10.2. The van der Waals surface area contributed by atoms with Crippen molar-refractivity contribution in [1.82, 2.24) is 0 Å². The van der Waals surface area contributed by atoms with Crippen molar-refractivity contribution >= 4 is 54.8 Å². The monoisotopic (exact) mass is 498 g/mol. The topological polar surface area (TPSA) is 166 Å². The maximum Gasteiger partial charge on any atom is 2.00 e. The van der Waals surface area contributed by atoms with Crippen LogP contribution in [-0.2, 0) is 36.7 Å². The molecule has 0 aliphatic heterocycles. The van der Waals surface area contributed by atoms with Gasteiger partial charge in [-0.15, -0.1) is 0 Å². The third-order valence-corrected chi connectivity index (χ3v) is 5.78. The van der Waals surface area contributed by atoms with E-state index in [4.69, 9.17) is 34.7 Å². The number of halogens is 2. The number of nitrogens with two attached hydrogens (primary N) is 2. The van der Waals surface area contributed by atoms with Crippen LogP contribution in [-0.4, -0.2) is 25.9 Å². The van der Waals surface area contributed by atoms with E-state index in [0.29, 0.717) is 22.5 Å². The Morgan fingerprint density at radius 3 is 1.22 bits per heavy atom. The van der Waals surface area contributed by atoms with Crippen LogP contribution in [0.2, 0.25) is 10.0 Å². The standard InChI is InChI=1S/2C7H8ClNO3S.Ni/c2*1-4-2-7(13(10,11)12)5(8)3-6(4)9;/h2*2-3H,9H2,1H3,(H,10,11,12);/q;;+2/p-2. The van der Waals surface area contributed by atoms with Crippen LogP contribution < -0.4 is 11.5 Å². The van der Waals surface area contributed by atoms with Crippen LogP contribution in [0.5, 0.6) is 0 Å². The maximum absolute atomic E-state index is 10.6. The van der Waals surface area contributed by atoms with Gasteiger partial charge in [-0.2, -0.15) is 0 Å². The Hall–Kier alpha value is -1.07. The number of benzene rings is 2. The summed E-state index contributed by atoms with van der Waals surface area (Å²) in [7, 11) is -9.02. The summed E-state index contributed by atoms with van der Waals surface area (Å²) in [6.07, 6.45) is 0. The third-order valence-electron chi connectivity index (χ3n) is 3.18. The van der Waals surface area contributed by atoms with Gasteiger partial charge in [-0.25, -0.2) is 16.8 Å². The van der Waals surface area contributed by atoms with Crippen LogP contribution >= 0.6 is 23.2 Å². The van der Waals surface area contributed by atoms with Crippen molar-refractivity contribution in [1.29, 1.82) is 0 Å². The fraction of sp³-hybridized carbons (Fsp3) is 0.143. The molecule has 0 aliphatic rings. The summed E-state index contributed by atoms with van der Waals surface area (Å²) in [5, 5.41) is -0.281. The van der Waals surface area contributed by atoms with Gasteiger partial charge in [0.05, 0.1) is 19.8 Å². The van der Waals surface area contributed by atoms with Gasteiger partial charge >= 0.3 is 16.5 Å². The zero-order valence-electron chi connectivity index (χ0n) is 13.8. The van der Waals surface area contributed by atoms with Gasteiger partial charge in [0.2, 0.25) is 0 Å². The van der Waals surface area contributed by atoms with Crippen LogP contribution in [0.1, 0.15) is 11.1 Å². The summed E-state index contributed by atoms with van der Waals surface area (Å²) in [4.78, 5) is -0.860. The van der Waals surface area contributed by atoms with Gasteiger partial charge in [0, 0.05) is 11.4 Å². The molecular weight excluding hydrogens is 486 g/mol. The van der Waals surface area contributed by atoms with Crippen molar-refractivity contribution < 1.29 is 42.4 Å². The predicted octanol–water partition coefficient (Wildman–Crippen LogP) is 2.27. The minimum Gasteiger partial charge on any atom is -0.744 e. The molecule has 0 aliphatic carbocycles. The van der Waals surface area contributed by atoms with E-state index in [9.17, 15) is 25.9 Å². The van der Waals surface area contributed by atoms with Gasteiger partial charge < -0.3 is 20.6 Å². The second-order valence-electron chi connectivity index (χ2n) is 5.19. The Bertz CT molecular complexity index is 974. The summed E-state index contributed by atoms with van der Waals surface area (Å²) >= 11 is 11.1. The first-order chi connectivity index (χ1) is 11.6. The van der Waals surface area contributed by atoms with Crippen molar-refractivity contribution in [2.75, 3.05) is 11.5 Å². The zero-order chi connectivity index (χ0) is 20.4. The molecule has 0 radical (unpaired) electrons. The normalized spacial score (nSPS) is 11.2. The van der Waals surface area contributed by atoms with Gasteiger partial charge in [0.25, 0.3) is 0 Å². The first-order valence-electron chi connectivity index (χ1n) is 6.67. The summed E-state index contributed by atoms with van der Waals surface area (Å²) in [5.74, 6) is 0. The van der Waals surface area contributed by atoms with Gasteiger partial charge in [-0.05, 0) is 49.2 Å². The van der Waals surface area contributed by atoms with Gasteiger partial charge in [-0.3, -0.25) is 0 Å². The number of aryl methyl sites for hydroxylation is 2.